The smallest absolute Gasteiger partial charge is 0.410 e. The predicted octanol–water partition coefficient (Wildman–Crippen LogP) is 3.34. The maximum atomic E-state index is 12.4. The Morgan fingerprint density at radius 2 is 1.90 bits per heavy atom. The molecule has 0 aliphatic heterocycles. The average molecular weight is 291 g/mol. The first-order valence-electron chi connectivity index (χ1n) is 7.65. The van der Waals surface area contributed by atoms with Crippen LogP contribution in [0.15, 0.2) is 30.3 Å². The molecule has 4 heteroatoms. The van der Waals surface area contributed by atoms with Crippen LogP contribution in [0.3, 0.4) is 0 Å². The minimum atomic E-state index is -0.908. The second kappa shape index (κ2) is 6.94. The van der Waals surface area contributed by atoms with E-state index in [1.54, 1.807) is 18.7 Å². The van der Waals surface area contributed by atoms with Crippen molar-refractivity contribution >= 4 is 6.09 Å². The molecule has 1 aromatic rings. The Hall–Kier alpha value is -1.55. The Balaban J connectivity index is 1.96. The first kappa shape index (κ1) is 15.8. The number of carbonyl (C=O) groups is 1. The Morgan fingerprint density at radius 1 is 1.29 bits per heavy atom. The number of hydrogen-bond donors (Lipinski definition) is 1. The molecular weight excluding hydrogens is 266 g/mol. The predicted molar refractivity (Wildman–Crippen MR) is 81.9 cm³/mol. The Bertz CT molecular complexity index is 447. The number of benzene rings is 1. The van der Waals surface area contributed by atoms with Crippen LogP contribution >= 0.6 is 0 Å². The summed E-state index contributed by atoms with van der Waals surface area (Å²) < 4.78 is 5.42. The summed E-state index contributed by atoms with van der Waals surface area (Å²) in [4.78, 5) is 14.1. The van der Waals surface area contributed by atoms with Crippen molar-refractivity contribution in [2.75, 3.05) is 6.54 Å². The van der Waals surface area contributed by atoms with E-state index in [9.17, 15) is 9.90 Å². The third-order valence-electron chi connectivity index (χ3n) is 3.76. The van der Waals surface area contributed by atoms with Crippen LogP contribution in [0.25, 0.3) is 0 Å². The number of ether oxygens (including phenoxy) is 1. The molecule has 0 atom stereocenters. The molecule has 1 N–H and O–H groups in total. The third kappa shape index (κ3) is 5.05. The molecule has 1 amide bonds. The van der Waals surface area contributed by atoms with Crippen molar-refractivity contribution in [2.24, 2.45) is 0 Å². The maximum Gasteiger partial charge on any atom is 0.410 e. The quantitative estimate of drug-likeness (QED) is 0.905. The standard InChI is InChI=1S/C17H25NO3/c1-17(2,20)13-18(15-10-6-7-11-15)16(19)21-12-14-8-4-3-5-9-14/h3-5,8-9,15,20H,6-7,10-13H2,1-2H3. The number of nitrogens with zero attached hydrogens (tertiary/aromatic N) is 1. The highest BCUT2D eigenvalue weighted by molar-refractivity contribution is 5.68. The van der Waals surface area contributed by atoms with Crippen LogP contribution in [0, 0.1) is 0 Å². The fourth-order valence-electron chi connectivity index (χ4n) is 2.78. The second-order valence-corrected chi connectivity index (χ2v) is 6.42. The molecule has 0 bridgehead atoms. The van der Waals surface area contributed by atoms with E-state index in [-0.39, 0.29) is 18.7 Å². The lowest BCUT2D eigenvalue weighted by Gasteiger charge is -2.33. The van der Waals surface area contributed by atoms with Gasteiger partial charge in [0.25, 0.3) is 0 Å². The summed E-state index contributed by atoms with van der Waals surface area (Å²) in [5.74, 6) is 0. The first-order valence-corrected chi connectivity index (χ1v) is 7.65. The second-order valence-electron chi connectivity index (χ2n) is 6.42. The lowest BCUT2D eigenvalue weighted by molar-refractivity contribution is 0.0127. The van der Waals surface area contributed by atoms with Crippen molar-refractivity contribution in [3.63, 3.8) is 0 Å². The molecule has 0 saturated heterocycles. The van der Waals surface area contributed by atoms with Crippen LogP contribution in [0.1, 0.15) is 45.1 Å². The highest BCUT2D eigenvalue weighted by Gasteiger charge is 2.31. The minimum Gasteiger partial charge on any atom is -0.445 e. The number of carbonyl (C=O) groups excluding carboxylic acids is 1. The summed E-state index contributed by atoms with van der Waals surface area (Å²) in [6, 6.07) is 9.85. The van der Waals surface area contributed by atoms with E-state index in [1.807, 2.05) is 30.3 Å². The van der Waals surface area contributed by atoms with Gasteiger partial charge in [-0.2, -0.15) is 0 Å². The van der Waals surface area contributed by atoms with Gasteiger partial charge in [0.2, 0.25) is 0 Å². The number of hydrogen-bond acceptors (Lipinski definition) is 3. The number of aliphatic hydroxyl groups is 1. The van der Waals surface area contributed by atoms with E-state index in [4.69, 9.17) is 4.74 Å². The fourth-order valence-corrected chi connectivity index (χ4v) is 2.78. The molecule has 1 aromatic carbocycles. The summed E-state index contributed by atoms with van der Waals surface area (Å²) in [5, 5.41) is 10.0. The van der Waals surface area contributed by atoms with Gasteiger partial charge >= 0.3 is 6.09 Å². The van der Waals surface area contributed by atoms with Crippen molar-refractivity contribution in [2.45, 2.75) is 57.8 Å². The molecule has 0 aromatic heterocycles. The summed E-state index contributed by atoms with van der Waals surface area (Å²) >= 11 is 0. The Morgan fingerprint density at radius 3 is 2.48 bits per heavy atom. The van der Waals surface area contributed by atoms with Gasteiger partial charge in [-0.15, -0.1) is 0 Å². The Labute approximate surface area is 126 Å². The normalized spacial score (nSPS) is 16.0. The number of amides is 1. The number of rotatable bonds is 5. The van der Waals surface area contributed by atoms with E-state index in [2.05, 4.69) is 0 Å². The van der Waals surface area contributed by atoms with E-state index in [1.165, 1.54) is 0 Å². The van der Waals surface area contributed by atoms with Crippen LogP contribution in [0.4, 0.5) is 4.79 Å². The molecule has 21 heavy (non-hydrogen) atoms. The van der Waals surface area contributed by atoms with E-state index in [0.29, 0.717) is 6.54 Å². The fraction of sp³-hybridized carbons (Fsp3) is 0.588. The van der Waals surface area contributed by atoms with Gasteiger partial charge in [-0.25, -0.2) is 4.79 Å². The molecule has 1 saturated carbocycles. The maximum absolute atomic E-state index is 12.4. The summed E-state index contributed by atoms with van der Waals surface area (Å²) in [5.41, 5.74) is 0.0643. The van der Waals surface area contributed by atoms with Crippen LogP contribution in [-0.4, -0.2) is 34.3 Å². The summed E-state index contributed by atoms with van der Waals surface area (Å²) in [7, 11) is 0. The molecule has 1 aliphatic rings. The molecule has 0 spiro atoms. The zero-order valence-electron chi connectivity index (χ0n) is 12.9. The van der Waals surface area contributed by atoms with Gasteiger partial charge in [-0.05, 0) is 32.3 Å². The van der Waals surface area contributed by atoms with Crippen LogP contribution in [0.2, 0.25) is 0 Å². The van der Waals surface area contributed by atoms with Crippen molar-refractivity contribution in [1.29, 1.82) is 0 Å². The van der Waals surface area contributed by atoms with Gasteiger partial charge < -0.3 is 14.7 Å². The van der Waals surface area contributed by atoms with Gasteiger partial charge in [0, 0.05) is 6.04 Å². The molecule has 116 valence electrons. The van der Waals surface area contributed by atoms with Crippen molar-refractivity contribution < 1.29 is 14.6 Å². The van der Waals surface area contributed by atoms with Crippen LogP contribution < -0.4 is 0 Å². The summed E-state index contributed by atoms with van der Waals surface area (Å²) in [6.07, 6.45) is 3.94. The molecular formula is C17H25NO3. The summed E-state index contributed by atoms with van der Waals surface area (Å²) in [6.45, 7) is 4.03. The molecule has 4 nitrogen and oxygen atoms in total. The van der Waals surface area contributed by atoms with E-state index >= 15 is 0 Å². The van der Waals surface area contributed by atoms with E-state index < -0.39 is 5.60 Å². The van der Waals surface area contributed by atoms with Gasteiger partial charge in [-0.1, -0.05) is 43.2 Å². The monoisotopic (exact) mass is 291 g/mol. The van der Waals surface area contributed by atoms with Crippen LogP contribution in [0.5, 0.6) is 0 Å². The van der Waals surface area contributed by atoms with Crippen molar-refractivity contribution in [3.05, 3.63) is 35.9 Å². The lowest BCUT2D eigenvalue weighted by atomic mass is 10.1. The molecule has 0 radical (unpaired) electrons. The first-order chi connectivity index (χ1) is 9.96. The van der Waals surface area contributed by atoms with Crippen LogP contribution in [-0.2, 0) is 11.3 Å². The van der Waals surface area contributed by atoms with E-state index in [0.717, 1.165) is 31.2 Å². The molecule has 1 fully saturated rings. The Kier molecular flexibility index (Phi) is 5.23. The zero-order chi connectivity index (χ0) is 15.3. The largest absolute Gasteiger partial charge is 0.445 e. The molecule has 2 rings (SSSR count). The highest BCUT2D eigenvalue weighted by Crippen LogP contribution is 2.25. The van der Waals surface area contributed by atoms with Crippen molar-refractivity contribution in [1.82, 2.24) is 4.90 Å². The SMILES string of the molecule is CC(C)(O)CN(C(=O)OCc1ccccc1)C1CCCC1. The average Bonchev–Trinajstić information content (AvgIpc) is 2.96. The van der Waals surface area contributed by atoms with Gasteiger partial charge in [0.15, 0.2) is 0 Å². The lowest BCUT2D eigenvalue weighted by Crippen LogP contribution is -2.47. The zero-order valence-corrected chi connectivity index (χ0v) is 12.9. The van der Waals surface area contributed by atoms with Crippen molar-refractivity contribution in [3.8, 4) is 0 Å². The minimum absolute atomic E-state index is 0.194. The van der Waals surface area contributed by atoms with Gasteiger partial charge in [0.1, 0.15) is 6.61 Å². The van der Waals surface area contributed by atoms with Gasteiger partial charge in [0.05, 0.1) is 12.1 Å². The topological polar surface area (TPSA) is 49.8 Å². The highest BCUT2D eigenvalue weighted by atomic mass is 16.6. The third-order valence-corrected chi connectivity index (χ3v) is 3.76. The van der Waals surface area contributed by atoms with Gasteiger partial charge in [-0.3, -0.25) is 0 Å². The molecule has 0 heterocycles. The molecule has 1 aliphatic carbocycles. The molecule has 0 unspecified atom stereocenters.